The van der Waals surface area contributed by atoms with Crippen LogP contribution in [0.1, 0.15) is 19.4 Å². The molecule has 1 N–H and O–H groups in total. The Kier molecular flexibility index (Phi) is 6.45. The molecule has 0 spiro atoms. The summed E-state index contributed by atoms with van der Waals surface area (Å²) in [6.45, 7) is 5.44. The van der Waals surface area contributed by atoms with Crippen molar-refractivity contribution in [3.63, 3.8) is 0 Å². The quantitative estimate of drug-likeness (QED) is 0.853. The van der Waals surface area contributed by atoms with Gasteiger partial charge in [0.1, 0.15) is 0 Å². The maximum atomic E-state index is 11.9. The summed E-state index contributed by atoms with van der Waals surface area (Å²) < 4.78 is 0. The van der Waals surface area contributed by atoms with Gasteiger partial charge in [0.25, 0.3) is 0 Å². The molecule has 2 amide bonds. The summed E-state index contributed by atoms with van der Waals surface area (Å²) in [5.74, 6) is -0.139. The third-order valence-corrected chi connectivity index (χ3v) is 2.92. The van der Waals surface area contributed by atoms with Gasteiger partial charge in [0.2, 0.25) is 0 Å². The maximum absolute atomic E-state index is 11.9. The maximum Gasteiger partial charge on any atom is 0.317 e. The van der Waals surface area contributed by atoms with Gasteiger partial charge in [-0.1, -0.05) is 30.3 Å². The molecule has 0 saturated heterocycles. The zero-order chi connectivity index (χ0) is 14.1. The van der Waals surface area contributed by atoms with E-state index in [9.17, 15) is 4.79 Å². The lowest BCUT2D eigenvalue weighted by atomic mass is 10.1. The van der Waals surface area contributed by atoms with Crippen LogP contribution in [-0.2, 0) is 6.42 Å². The van der Waals surface area contributed by atoms with E-state index in [0.717, 1.165) is 6.42 Å². The molecule has 0 heterocycles. The monoisotopic (exact) mass is 259 g/mol. The van der Waals surface area contributed by atoms with E-state index in [1.54, 1.807) is 4.90 Å². The SMILES string of the molecule is CCN(C[C@H](C)C#N)C(=O)NCCc1ccccc1. The number of hydrogen-bond donors (Lipinski definition) is 1. The van der Waals surface area contributed by atoms with E-state index in [4.69, 9.17) is 5.26 Å². The zero-order valence-electron chi connectivity index (χ0n) is 11.6. The second-order valence-corrected chi connectivity index (χ2v) is 4.54. The van der Waals surface area contributed by atoms with Crippen molar-refractivity contribution in [2.24, 2.45) is 5.92 Å². The van der Waals surface area contributed by atoms with Crippen LogP contribution in [0.3, 0.4) is 0 Å². The molecule has 0 fully saturated rings. The van der Waals surface area contributed by atoms with E-state index in [-0.39, 0.29) is 11.9 Å². The largest absolute Gasteiger partial charge is 0.338 e. The fourth-order valence-electron chi connectivity index (χ4n) is 1.80. The molecule has 0 saturated carbocycles. The normalized spacial score (nSPS) is 11.4. The number of hydrogen-bond acceptors (Lipinski definition) is 2. The van der Waals surface area contributed by atoms with Gasteiger partial charge in [-0.15, -0.1) is 0 Å². The smallest absolute Gasteiger partial charge is 0.317 e. The predicted molar refractivity (Wildman–Crippen MR) is 75.6 cm³/mol. The number of nitriles is 1. The summed E-state index contributed by atoms with van der Waals surface area (Å²) in [4.78, 5) is 13.6. The van der Waals surface area contributed by atoms with Gasteiger partial charge in [-0.2, -0.15) is 5.26 Å². The highest BCUT2D eigenvalue weighted by Crippen LogP contribution is 2.00. The molecule has 0 aliphatic heterocycles. The van der Waals surface area contributed by atoms with E-state index in [1.807, 2.05) is 44.2 Å². The second kappa shape index (κ2) is 8.15. The minimum atomic E-state index is -0.139. The second-order valence-electron chi connectivity index (χ2n) is 4.54. The van der Waals surface area contributed by atoms with E-state index in [1.165, 1.54) is 5.56 Å². The summed E-state index contributed by atoms with van der Waals surface area (Å²) in [5, 5.41) is 11.7. The lowest BCUT2D eigenvalue weighted by Crippen LogP contribution is -2.42. The molecule has 1 aromatic rings. The molecule has 0 aliphatic rings. The molecule has 0 bridgehead atoms. The number of carbonyl (C=O) groups is 1. The van der Waals surface area contributed by atoms with E-state index >= 15 is 0 Å². The van der Waals surface area contributed by atoms with Crippen molar-refractivity contribution >= 4 is 6.03 Å². The van der Waals surface area contributed by atoms with Gasteiger partial charge in [0.05, 0.1) is 12.0 Å². The van der Waals surface area contributed by atoms with Crippen molar-refractivity contribution in [2.75, 3.05) is 19.6 Å². The number of nitrogens with zero attached hydrogens (tertiary/aromatic N) is 2. The summed E-state index contributed by atoms with van der Waals surface area (Å²) in [6, 6.07) is 12.1. The average molecular weight is 259 g/mol. The molecule has 1 aromatic carbocycles. The first-order valence-electron chi connectivity index (χ1n) is 6.63. The molecule has 0 aromatic heterocycles. The molecule has 4 nitrogen and oxygen atoms in total. The number of benzene rings is 1. The van der Waals surface area contributed by atoms with Gasteiger partial charge < -0.3 is 10.2 Å². The molecule has 0 aliphatic carbocycles. The average Bonchev–Trinajstić information content (AvgIpc) is 2.45. The van der Waals surface area contributed by atoms with Crippen LogP contribution >= 0.6 is 0 Å². The van der Waals surface area contributed by atoms with Crippen LogP contribution in [0.25, 0.3) is 0 Å². The number of amides is 2. The molecular weight excluding hydrogens is 238 g/mol. The van der Waals surface area contributed by atoms with Crippen molar-refractivity contribution in [2.45, 2.75) is 20.3 Å². The number of carbonyl (C=O) groups excluding carboxylic acids is 1. The number of rotatable bonds is 6. The van der Waals surface area contributed by atoms with Crippen LogP contribution in [-0.4, -0.2) is 30.6 Å². The molecule has 1 atom stereocenters. The Morgan fingerprint density at radius 2 is 2.11 bits per heavy atom. The van der Waals surface area contributed by atoms with Crippen LogP contribution in [0.2, 0.25) is 0 Å². The van der Waals surface area contributed by atoms with Crippen molar-refractivity contribution in [3.05, 3.63) is 35.9 Å². The number of nitrogens with one attached hydrogen (secondary N) is 1. The highest BCUT2D eigenvalue weighted by atomic mass is 16.2. The topological polar surface area (TPSA) is 56.1 Å². The summed E-state index contributed by atoms with van der Waals surface area (Å²) >= 11 is 0. The highest BCUT2D eigenvalue weighted by molar-refractivity contribution is 5.74. The fraction of sp³-hybridized carbons (Fsp3) is 0.467. The minimum absolute atomic E-state index is 0.0967. The first-order valence-corrected chi connectivity index (χ1v) is 6.63. The van der Waals surface area contributed by atoms with Crippen LogP contribution in [0.4, 0.5) is 4.79 Å². The van der Waals surface area contributed by atoms with E-state index in [2.05, 4.69) is 11.4 Å². The Labute approximate surface area is 115 Å². The Morgan fingerprint density at radius 1 is 1.42 bits per heavy atom. The Hall–Kier alpha value is -2.02. The first kappa shape index (κ1) is 15.0. The van der Waals surface area contributed by atoms with Crippen molar-refractivity contribution < 1.29 is 4.79 Å². The summed E-state index contributed by atoms with van der Waals surface area (Å²) in [7, 11) is 0. The molecule has 1 rings (SSSR count). The zero-order valence-corrected chi connectivity index (χ0v) is 11.6. The Balaban J connectivity index is 2.35. The third kappa shape index (κ3) is 5.43. The van der Waals surface area contributed by atoms with Crippen LogP contribution in [0.5, 0.6) is 0 Å². The van der Waals surface area contributed by atoms with Gasteiger partial charge >= 0.3 is 6.03 Å². The van der Waals surface area contributed by atoms with Crippen molar-refractivity contribution in [1.29, 1.82) is 5.26 Å². The fourth-order valence-corrected chi connectivity index (χ4v) is 1.80. The van der Waals surface area contributed by atoms with Gasteiger partial charge in [-0.05, 0) is 25.8 Å². The van der Waals surface area contributed by atoms with E-state index in [0.29, 0.717) is 19.6 Å². The van der Waals surface area contributed by atoms with Gasteiger partial charge in [0, 0.05) is 19.6 Å². The van der Waals surface area contributed by atoms with Crippen molar-refractivity contribution in [3.8, 4) is 6.07 Å². The standard InChI is InChI=1S/C15H21N3O/c1-3-18(12-13(2)11-16)15(19)17-10-9-14-7-5-4-6-8-14/h4-8,13H,3,9-10,12H2,1-2H3,(H,17,19)/t13-/m1/s1. The molecule has 102 valence electrons. The molecule has 19 heavy (non-hydrogen) atoms. The van der Waals surface area contributed by atoms with Crippen LogP contribution in [0, 0.1) is 17.2 Å². The predicted octanol–water partition coefficient (Wildman–Crippen LogP) is 2.42. The third-order valence-electron chi connectivity index (χ3n) is 2.92. The molecule has 0 unspecified atom stereocenters. The van der Waals surface area contributed by atoms with Gasteiger partial charge in [0.15, 0.2) is 0 Å². The van der Waals surface area contributed by atoms with Gasteiger partial charge in [-0.3, -0.25) is 0 Å². The lowest BCUT2D eigenvalue weighted by Gasteiger charge is -2.22. The van der Waals surface area contributed by atoms with Gasteiger partial charge in [-0.25, -0.2) is 4.79 Å². The molecule has 0 radical (unpaired) electrons. The summed E-state index contributed by atoms with van der Waals surface area (Å²) in [6.07, 6.45) is 0.817. The van der Waals surface area contributed by atoms with E-state index < -0.39 is 0 Å². The Bertz CT molecular complexity index is 425. The van der Waals surface area contributed by atoms with Crippen LogP contribution < -0.4 is 5.32 Å². The summed E-state index contributed by atoms with van der Waals surface area (Å²) in [5.41, 5.74) is 1.20. The Morgan fingerprint density at radius 3 is 2.68 bits per heavy atom. The van der Waals surface area contributed by atoms with Crippen LogP contribution in [0.15, 0.2) is 30.3 Å². The first-order chi connectivity index (χ1) is 9.17. The molecule has 4 heteroatoms. The highest BCUT2D eigenvalue weighted by Gasteiger charge is 2.13. The molecular formula is C15H21N3O. The lowest BCUT2D eigenvalue weighted by molar-refractivity contribution is 0.197. The number of urea groups is 1. The minimum Gasteiger partial charge on any atom is -0.338 e. The van der Waals surface area contributed by atoms with Crippen molar-refractivity contribution in [1.82, 2.24) is 10.2 Å².